The third-order valence-corrected chi connectivity index (χ3v) is 6.39. The van der Waals surface area contributed by atoms with Crippen LogP contribution in [0.15, 0.2) is 72.3 Å². The van der Waals surface area contributed by atoms with Crippen molar-refractivity contribution in [2.24, 2.45) is 0 Å². The Balaban J connectivity index is 1.70. The van der Waals surface area contributed by atoms with Crippen molar-refractivity contribution in [3.05, 3.63) is 67.4 Å². The van der Waals surface area contributed by atoms with E-state index in [1.54, 1.807) is 47.4 Å². The summed E-state index contributed by atoms with van der Waals surface area (Å²) in [5.74, 6) is -0.376. The molecule has 0 radical (unpaired) electrons. The molecule has 0 spiro atoms. The second-order valence-electron chi connectivity index (χ2n) is 7.33. The van der Waals surface area contributed by atoms with E-state index in [1.165, 1.54) is 24.5 Å². The molecule has 8 nitrogen and oxygen atoms in total. The summed E-state index contributed by atoms with van der Waals surface area (Å²) >= 11 is 0. The van der Waals surface area contributed by atoms with Gasteiger partial charge in [-0.2, -0.15) is 0 Å². The SMILES string of the molecule is CC(C)Oc1ccc(S(=O)(=O)n2ccc(-c3cn(CC(=O)O)c4cnccc34)c2)cc1. The van der Waals surface area contributed by atoms with Crippen LogP contribution in [-0.4, -0.2) is 39.1 Å². The number of pyridine rings is 1. The highest BCUT2D eigenvalue weighted by molar-refractivity contribution is 7.90. The van der Waals surface area contributed by atoms with Gasteiger partial charge in [-0.3, -0.25) is 9.78 Å². The molecule has 4 aromatic rings. The number of carbonyl (C=O) groups is 1. The molecule has 0 saturated carbocycles. The molecule has 1 N–H and O–H groups in total. The molecule has 3 aromatic heterocycles. The predicted octanol–water partition coefficient (Wildman–Crippen LogP) is 3.61. The number of hydrogen-bond acceptors (Lipinski definition) is 5. The zero-order valence-electron chi connectivity index (χ0n) is 17.0. The molecule has 9 heteroatoms. The monoisotopic (exact) mass is 439 g/mol. The quantitative estimate of drug-likeness (QED) is 0.472. The van der Waals surface area contributed by atoms with Crippen LogP contribution in [0, 0.1) is 0 Å². The molecule has 31 heavy (non-hydrogen) atoms. The van der Waals surface area contributed by atoms with E-state index < -0.39 is 16.0 Å². The van der Waals surface area contributed by atoms with Gasteiger partial charge in [-0.1, -0.05) is 0 Å². The normalized spacial score (nSPS) is 11.8. The Morgan fingerprint density at radius 3 is 2.55 bits per heavy atom. The highest BCUT2D eigenvalue weighted by Crippen LogP contribution is 2.31. The van der Waals surface area contributed by atoms with Gasteiger partial charge < -0.3 is 14.4 Å². The van der Waals surface area contributed by atoms with Gasteiger partial charge in [-0.05, 0) is 50.2 Å². The van der Waals surface area contributed by atoms with Crippen LogP contribution in [-0.2, 0) is 21.4 Å². The number of benzene rings is 1. The van der Waals surface area contributed by atoms with Crippen LogP contribution in [0.25, 0.3) is 22.0 Å². The Morgan fingerprint density at radius 1 is 1.13 bits per heavy atom. The molecule has 0 aliphatic heterocycles. The number of carboxylic acid groups (broad SMARTS) is 1. The fourth-order valence-corrected chi connectivity index (χ4v) is 4.61. The van der Waals surface area contributed by atoms with Crippen LogP contribution in [0.4, 0.5) is 0 Å². The molecule has 0 aliphatic carbocycles. The molecule has 160 valence electrons. The maximum atomic E-state index is 13.1. The number of nitrogens with zero attached hydrogens (tertiary/aromatic N) is 3. The summed E-state index contributed by atoms with van der Waals surface area (Å²) < 4.78 is 34.4. The van der Waals surface area contributed by atoms with Gasteiger partial charge in [-0.15, -0.1) is 0 Å². The van der Waals surface area contributed by atoms with E-state index in [-0.39, 0.29) is 17.5 Å². The smallest absolute Gasteiger partial charge is 0.323 e. The Kier molecular flexibility index (Phi) is 5.28. The summed E-state index contributed by atoms with van der Waals surface area (Å²) in [5.41, 5.74) is 2.05. The third-order valence-electron chi connectivity index (χ3n) is 4.74. The summed E-state index contributed by atoms with van der Waals surface area (Å²) in [6.07, 6.45) is 7.90. The maximum Gasteiger partial charge on any atom is 0.323 e. The molecule has 0 fully saturated rings. The number of fused-ring (bicyclic) bond motifs is 1. The van der Waals surface area contributed by atoms with E-state index >= 15 is 0 Å². The van der Waals surface area contributed by atoms with Gasteiger partial charge in [0.15, 0.2) is 0 Å². The molecule has 1 aromatic carbocycles. The van der Waals surface area contributed by atoms with Crippen LogP contribution < -0.4 is 4.74 Å². The molecule has 0 amide bonds. The molecule has 0 bridgehead atoms. The maximum absolute atomic E-state index is 13.1. The van der Waals surface area contributed by atoms with Gasteiger partial charge in [0, 0.05) is 41.3 Å². The lowest BCUT2D eigenvalue weighted by atomic mass is 10.1. The van der Waals surface area contributed by atoms with Gasteiger partial charge in [0.25, 0.3) is 10.0 Å². The number of aliphatic carboxylic acids is 1. The van der Waals surface area contributed by atoms with E-state index in [2.05, 4.69) is 4.98 Å². The van der Waals surface area contributed by atoms with Crippen LogP contribution in [0.5, 0.6) is 5.75 Å². The molecule has 3 heterocycles. The molecular weight excluding hydrogens is 418 g/mol. The van der Waals surface area contributed by atoms with Gasteiger partial charge in [0.2, 0.25) is 0 Å². The van der Waals surface area contributed by atoms with Crippen molar-refractivity contribution in [2.75, 3.05) is 0 Å². The second-order valence-corrected chi connectivity index (χ2v) is 9.17. The van der Waals surface area contributed by atoms with E-state index in [0.717, 1.165) is 14.9 Å². The van der Waals surface area contributed by atoms with Crippen molar-refractivity contribution in [1.82, 2.24) is 13.5 Å². The zero-order chi connectivity index (χ0) is 22.2. The van der Waals surface area contributed by atoms with E-state index in [1.807, 2.05) is 13.8 Å². The highest BCUT2D eigenvalue weighted by atomic mass is 32.2. The minimum Gasteiger partial charge on any atom is -0.491 e. The van der Waals surface area contributed by atoms with Crippen LogP contribution >= 0.6 is 0 Å². The average Bonchev–Trinajstić information content (AvgIpc) is 3.34. The number of hydrogen-bond donors (Lipinski definition) is 1. The summed E-state index contributed by atoms with van der Waals surface area (Å²) in [6.45, 7) is 3.58. The lowest BCUT2D eigenvalue weighted by molar-refractivity contribution is -0.137. The Morgan fingerprint density at radius 2 is 1.87 bits per heavy atom. The van der Waals surface area contributed by atoms with Crippen molar-refractivity contribution < 1.29 is 23.1 Å². The van der Waals surface area contributed by atoms with E-state index in [0.29, 0.717) is 16.8 Å². The minimum absolute atomic E-state index is 0.00655. The Labute approximate surface area is 179 Å². The van der Waals surface area contributed by atoms with Crippen molar-refractivity contribution in [3.63, 3.8) is 0 Å². The van der Waals surface area contributed by atoms with Crippen LogP contribution in [0.3, 0.4) is 0 Å². The first-order chi connectivity index (χ1) is 14.8. The summed E-state index contributed by atoms with van der Waals surface area (Å²) in [7, 11) is -3.79. The first-order valence-electron chi connectivity index (χ1n) is 9.61. The second kappa shape index (κ2) is 7.92. The molecule has 0 saturated heterocycles. The molecule has 0 aliphatic rings. The molecule has 0 atom stereocenters. The van der Waals surface area contributed by atoms with Gasteiger partial charge in [-0.25, -0.2) is 12.4 Å². The summed E-state index contributed by atoms with van der Waals surface area (Å²) in [5, 5.41) is 9.97. The highest BCUT2D eigenvalue weighted by Gasteiger charge is 2.19. The van der Waals surface area contributed by atoms with Crippen molar-refractivity contribution in [2.45, 2.75) is 31.4 Å². The minimum atomic E-state index is -3.79. The average molecular weight is 439 g/mol. The van der Waals surface area contributed by atoms with E-state index in [9.17, 15) is 18.3 Å². The van der Waals surface area contributed by atoms with Gasteiger partial charge >= 0.3 is 5.97 Å². The lowest BCUT2D eigenvalue weighted by Gasteiger charge is -2.10. The number of aromatic nitrogens is 3. The van der Waals surface area contributed by atoms with Crippen LogP contribution in [0.2, 0.25) is 0 Å². The lowest BCUT2D eigenvalue weighted by Crippen LogP contribution is -2.11. The fourth-order valence-electron chi connectivity index (χ4n) is 3.41. The summed E-state index contributed by atoms with van der Waals surface area (Å²) in [6, 6.07) is 9.75. The molecular formula is C22H21N3O5S. The van der Waals surface area contributed by atoms with Crippen molar-refractivity contribution >= 4 is 26.9 Å². The van der Waals surface area contributed by atoms with Gasteiger partial charge in [0.1, 0.15) is 12.3 Å². The Bertz CT molecular complexity index is 1350. The first-order valence-corrected chi connectivity index (χ1v) is 11.0. The molecule has 4 rings (SSSR count). The van der Waals surface area contributed by atoms with Crippen molar-refractivity contribution in [3.8, 4) is 16.9 Å². The largest absolute Gasteiger partial charge is 0.491 e. The van der Waals surface area contributed by atoms with E-state index in [4.69, 9.17) is 4.74 Å². The van der Waals surface area contributed by atoms with Gasteiger partial charge in [0.05, 0.1) is 22.7 Å². The number of carboxylic acids is 1. The standard InChI is InChI=1S/C22H21N3O5S/c1-15(2)30-17-3-5-18(6-4-17)31(28,29)25-10-8-16(12-25)20-13-24(14-22(26)27)21-11-23-9-7-19(20)21/h3-13,15H,14H2,1-2H3,(H,26,27). The number of ether oxygens (including phenoxy) is 1. The third kappa shape index (κ3) is 4.04. The Hall–Kier alpha value is -3.59. The topological polar surface area (TPSA) is 103 Å². The zero-order valence-corrected chi connectivity index (χ0v) is 17.8. The fraction of sp³-hybridized carbons (Fsp3) is 0.182. The first kappa shape index (κ1) is 20.7. The van der Waals surface area contributed by atoms with Crippen LogP contribution in [0.1, 0.15) is 13.8 Å². The summed E-state index contributed by atoms with van der Waals surface area (Å²) in [4.78, 5) is 15.4. The van der Waals surface area contributed by atoms with Crippen molar-refractivity contribution in [1.29, 1.82) is 0 Å². The molecule has 0 unspecified atom stereocenters. The predicted molar refractivity (Wildman–Crippen MR) is 116 cm³/mol. The number of rotatable bonds is 7.